The van der Waals surface area contributed by atoms with Crippen molar-refractivity contribution in [2.45, 2.75) is 44.8 Å². The van der Waals surface area contributed by atoms with Gasteiger partial charge in [0.05, 0.1) is 5.60 Å². The van der Waals surface area contributed by atoms with Crippen LogP contribution in [-0.2, 0) is 9.53 Å². The summed E-state index contributed by atoms with van der Waals surface area (Å²) < 4.78 is 6.01. The Morgan fingerprint density at radius 2 is 2.31 bits per heavy atom. The highest BCUT2D eigenvalue weighted by Gasteiger charge is 2.42. The fraction of sp³-hybridized carbons (Fsp3) is 0.917. The van der Waals surface area contributed by atoms with Crippen LogP contribution in [0.3, 0.4) is 0 Å². The fourth-order valence-corrected chi connectivity index (χ4v) is 2.79. The quantitative estimate of drug-likeness (QED) is 0.718. The van der Waals surface area contributed by atoms with Gasteiger partial charge in [-0.3, -0.25) is 4.79 Å². The van der Waals surface area contributed by atoms with Gasteiger partial charge in [-0.15, -0.1) is 0 Å². The summed E-state index contributed by atoms with van der Waals surface area (Å²) in [5.74, 6) is 0.144. The summed E-state index contributed by atoms with van der Waals surface area (Å²) in [6.45, 7) is 7.55. The lowest BCUT2D eigenvalue weighted by Gasteiger charge is -2.44. The van der Waals surface area contributed by atoms with Crippen LogP contribution in [0.4, 0.5) is 0 Å². The predicted molar refractivity (Wildman–Crippen MR) is 62.3 cm³/mol. The maximum absolute atomic E-state index is 11.9. The molecule has 0 aromatic carbocycles. The van der Waals surface area contributed by atoms with E-state index in [-0.39, 0.29) is 17.6 Å². The van der Waals surface area contributed by atoms with Gasteiger partial charge in [0.15, 0.2) is 0 Å². The minimum Gasteiger partial charge on any atom is -0.360 e. The summed E-state index contributed by atoms with van der Waals surface area (Å²) in [6.07, 6.45) is 2.94. The minimum absolute atomic E-state index is 0.0904. The topological polar surface area (TPSA) is 41.6 Å². The first-order valence-electron chi connectivity index (χ1n) is 6.34. The first kappa shape index (κ1) is 11.9. The molecule has 2 atom stereocenters. The summed E-state index contributed by atoms with van der Waals surface area (Å²) in [6, 6.07) is 0. The maximum Gasteiger partial charge on any atom is 0.251 e. The van der Waals surface area contributed by atoms with Crippen molar-refractivity contribution in [1.82, 2.24) is 10.2 Å². The van der Waals surface area contributed by atoms with Crippen molar-refractivity contribution < 1.29 is 9.53 Å². The van der Waals surface area contributed by atoms with Crippen molar-refractivity contribution in [3.63, 3.8) is 0 Å². The molecule has 0 radical (unpaired) electrons. The molecule has 0 aromatic rings. The molecule has 2 heterocycles. The molecule has 4 heteroatoms. The number of nitrogens with zero attached hydrogens (tertiary/aromatic N) is 1. The predicted octanol–water partition coefficient (Wildman–Crippen LogP) is 0.766. The Balaban J connectivity index is 2.11. The molecule has 2 fully saturated rings. The van der Waals surface area contributed by atoms with Crippen molar-refractivity contribution >= 4 is 5.91 Å². The molecular weight excluding hydrogens is 204 g/mol. The van der Waals surface area contributed by atoms with Gasteiger partial charge < -0.3 is 15.0 Å². The molecule has 2 rings (SSSR count). The zero-order chi connectivity index (χ0) is 11.6. The summed E-state index contributed by atoms with van der Waals surface area (Å²) in [5, 5.41) is 3.39. The van der Waals surface area contributed by atoms with Gasteiger partial charge in [0.1, 0.15) is 6.10 Å². The molecule has 1 amide bonds. The summed E-state index contributed by atoms with van der Waals surface area (Å²) >= 11 is 0. The third-order valence-corrected chi connectivity index (χ3v) is 3.69. The molecule has 2 aliphatic heterocycles. The Labute approximate surface area is 97.3 Å². The minimum atomic E-state index is -0.271. The standard InChI is InChI=1S/C12H22N2O2/c1-3-14-9-12(16-10(2)11(14)15)5-4-7-13-8-6-12/h10,13H,3-9H2,1-2H3/t10-,12-/m1/s1. The van der Waals surface area contributed by atoms with Gasteiger partial charge in [-0.05, 0) is 46.2 Å². The van der Waals surface area contributed by atoms with Crippen LogP contribution in [0.15, 0.2) is 0 Å². The molecule has 2 saturated heterocycles. The number of nitrogens with one attached hydrogen (secondary N) is 1. The molecule has 16 heavy (non-hydrogen) atoms. The Hall–Kier alpha value is -0.610. The van der Waals surface area contributed by atoms with Crippen molar-refractivity contribution in [2.24, 2.45) is 0 Å². The average Bonchev–Trinajstić information content (AvgIpc) is 2.50. The molecule has 4 nitrogen and oxygen atoms in total. The zero-order valence-electron chi connectivity index (χ0n) is 10.3. The van der Waals surface area contributed by atoms with E-state index in [9.17, 15) is 4.79 Å². The van der Waals surface area contributed by atoms with Crippen molar-refractivity contribution in [1.29, 1.82) is 0 Å². The lowest BCUT2D eigenvalue weighted by atomic mass is 9.91. The zero-order valence-corrected chi connectivity index (χ0v) is 10.3. The summed E-state index contributed by atoms with van der Waals surface area (Å²) in [5.41, 5.74) is -0.0904. The lowest BCUT2D eigenvalue weighted by molar-refractivity contribution is -0.182. The number of likely N-dealkylation sites (N-methyl/N-ethyl adjacent to an activating group) is 1. The fourth-order valence-electron chi connectivity index (χ4n) is 2.79. The second-order valence-corrected chi connectivity index (χ2v) is 4.90. The number of hydrogen-bond donors (Lipinski definition) is 1. The van der Waals surface area contributed by atoms with E-state index in [1.165, 1.54) is 0 Å². The van der Waals surface area contributed by atoms with Gasteiger partial charge in [0.2, 0.25) is 0 Å². The van der Waals surface area contributed by atoms with E-state index in [2.05, 4.69) is 5.32 Å². The van der Waals surface area contributed by atoms with Crippen LogP contribution in [0.2, 0.25) is 0 Å². The van der Waals surface area contributed by atoms with E-state index in [1.807, 2.05) is 18.7 Å². The Bertz CT molecular complexity index is 260. The maximum atomic E-state index is 11.9. The van der Waals surface area contributed by atoms with Gasteiger partial charge in [0.25, 0.3) is 5.91 Å². The van der Waals surface area contributed by atoms with E-state index in [4.69, 9.17) is 4.74 Å². The van der Waals surface area contributed by atoms with Gasteiger partial charge >= 0.3 is 0 Å². The van der Waals surface area contributed by atoms with Crippen molar-refractivity contribution in [3.8, 4) is 0 Å². The second-order valence-electron chi connectivity index (χ2n) is 4.90. The first-order chi connectivity index (χ1) is 7.67. The largest absolute Gasteiger partial charge is 0.360 e. The van der Waals surface area contributed by atoms with Crippen LogP contribution in [0.25, 0.3) is 0 Å². The van der Waals surface area contributed by atoms with Crippen LogP contribution in [0.5, 0.6) is 0 Å². The Morgan fingerprint density at radius 3 is 3.06 bits per heavy atom. The van der Waals surface area contributed by atoms with Gasteiger partial charge in [-0.2, -0.15) is 0 Å². The molecule has 2 aliphatic rings. The lowest BCUT2D eigenvalue weighted by Crippen LogP contribution is -2.58. The third-order valence-electron chi connectivity index (χ3n) is 3.69. The normalized spacial score (nSPS) is 36.5. The highest BCUT2D eigenvalue weighted by Crippen LogP contribution is 2.31. The Kier molecular flexibility index (Phi) is 3.50. The van der Waals surface area contributed by atoms with E-state index in [0.717, 1.165) is 45.4 Å². The number of carbonyl (C=O) groups excluding carboxylic acids is 1. The number of amides is 1. The first-order valence-corrected chi connectivity index (χ1v) is 6.34. The number of carbonyl (C=O) groups is 1. The molecule has 92 valence electrons. The van der Waals surface area contributed by atoms with E-state index in [0.29, 0.717) is 0 Å². The van der Waals surface area contributed by atoms with Crippen LogP contribution in [-0.4, -0.2) is 48.7 Å². The summed E-state index contributed by atoms with van der Waals surface area (Å²) in [4.78, 5) is 13.8. The molecule has 0 aromatic heterocycles. The van der Waals surface area contributed by atoms with Crippen LogP contribution < -0.4 is 5.32 Å². The summed E-state index contributed by atoms with van der Waals surface area (Å²) in [7, 11) is 0. The van der Waals surface area contributed by atoms with Crippen molar-refractivity contribution in [3.05, 3.63) is 0 Å². The average molecular weight is 226 g/mol. The van der Waals surface area contributed by atoms with E-state index >= 15 is 0 Å². The monoisotopic (exact) mass is 226 g/mol. The molecule has 0 bridgehead atoms. The molecule has 0 saturated carbocycles. The van der Waals surface area contributed by atoms with E-state index in [1.54, 1.807) is 0 Å². The number of rotatable bonds is 1. The number of morpholine rings is 1. The smallest absolute Gasteiger partial charge is 0.251 e. The van der Waals surface area contributed by atoms with Gasteiger partial charge in [-0.25, -0.2) is 0 Å². The van der Waals surface area contributed by atoms with Gasteiger partial charge in [0, 0.05) is 13.1 Å². The molecule has 0 unspecified atom stereocenters. The van der Waals surface area contributed by atoms with E-state index < -0.39 is 0 Å². The molecule has 1 N–H and O–H groups in total. The van der Waals surface area contributed by atoms with Crippen LogP contribution in [0.1, 0.15) is 33.1 Å². The highest BCUT2D eigenvalue weighted by molar-refractivity contribution is 5.81. The number of hydrogen-bond acceptors (Lipinski definition) is 3. The molecule has 0 aliphatic carbocycles. The van der Waals surface area contributed by atoms with Crippen molar-refractivity contribution in [2.75, 3.05) is 26.2 Å². The highest BCUT2D eigenvalue weighted by atomic mass is 16.5. The third kappa shape index (κ3) is 2.23. The van der Waals surface area contributed by atoms with Crippen LogP contribution in [0, 0.1) is 0 Å². The molecule has 1 spiro atoms. The Morgan fingerprint density at radius 1 is 1.50 bits per heavy atom. The second kappa shape index (κ2) is 4.72. The number of ether oxygens (including phenoxy) is 1. The molecular formula is C12H22N2O2. The SMILES string of the molecule is CCN1C[C@]2(CCCNCC2)O[C@H](C)C1=O. The van der Waals surface area contributed by atoms with Crippen LogP contribution >= 0.6 is 0 Å². The van der Waals surface area contributed by atoms with Gasteiger partial charge in [-0.1, -0.05) is 0 Å².